The first kappa shape index (κ1) is 15.7. The summed E-state index contributed by atoms with van der Waals surface area (Å²) in [6.45, 7) is 0. The van der Waals surface area contributed by atoms with E-state index in [1.54, 1.807) is 37.4 Å². The van der Waals surface area contributed by atoms with Crippen LogP contribution in [0.5, 0.6) is 11.5 Å². The third kappa shape index (κ3) is 3.12. The number of carbonyl (C=O) groups is 1. The number of methoxy groups -OCH3 is 2. The average molecular weight is 327 g/mol. The predicted octanol–water partition coefficient (Wildman–Crippen LogP) is 3.19. The highest BCUT2D eigenvalue weighted by Gasteiger charge is 2.24. The zero-order chi connectivity index (χ0) is 17.1. The number of cyclic esters (lactones) is 1. The first-order chi connectivity index (χ1) is 11.6. The summed E-state index contributed by atoms with van der Waals surface area (Å²) in [4.78, 5) is 16.1. The molecule has 0 atom stereocenters. The summed E-state index contributed by atoms with van der Waals surface area (Å²) in [7, 11) is 2.95. The minimum Gasteiger partial charge on any atom is -0.497 e. The lowest BCUT2D eigenvalue weighted by atomic mass is 10.2. The van der Waals surface area contributed by atoms with Crippen LogP contribution in [0.15, 0.2) is 53.2 Å². The topological polar surface area (TPSA) is 57.1 Å². The number of halogens is 1. The Labute approximate surface area is 138 Å². The standard InChI is InChI=1S/C18H14FNO4/c1-22-13-6-4-12(5-7-13)17-20-15(18(21)24-17)10-11-3-8-16(23-2)14(19)9-11/h3-10H,1-2H3/b15-10+. The molecule has 1 heterocycles. The predicted molar refractivity (Wildman–Crippen MR) is 86.6 cm³/mol. The summed E-state index contributed by atoms with van der Waals surface area (Å²) in [5, 5.41) is 0. The van der Waals surface area contributed by atoms with Gasteiger partial charge in [0.1, 0.15) is 5.75 Å². The summed E-state index contributed by atoms with van der Waals surface area (Å²) in [6, 6.07) is 11.3. The molecule has 2 aromatic carbocycles. The smallest absolute Gasteiger partial charge is 0.363 e. The quantitative estimate of drug-likeness (QED) is 0.639. The van der Waals surface area contributed by atoms with E-state index in [-0.39, 0.29) is 17.3 Å². The average Bonchev–Trinajstić information content (AvgIpc) is 2.96. The van der Waals surface area contributed by atoms with Crippen LogP contribution in [0.2, 0.25) is 0 Å². The van der Waals surface area contributed by atoms with Crippen molar-refractivity contribution in [3.05, 3.63) is 65.1 Å². The number of nitrogens with zero attached hydrogens (tertiary/aromatic N) is 1. The van der Waals surface area contributed by atoms with Crippen molar-refractivity contribution in [3.8, 4) is 11.5 Å². The Bertz CT molecular complexity index is 841. The second-order valence-corrected chi connectivity index (χ2v) is 4.96. The summed E-state index contributed by atoms with van der Waals surface area (Å²) in [5.74, 6) is -0.0841. The molecule has 0 amide bonds. The van der Waals surface area contributed by atoms with Gasteiger partial charge in [0.25, 0.3) is 0 Å². The molecule has 1 aliphatic heterocycles. The molecule has 0 spiro atoms. The van der Waals surface area contributed by atoms with E-state index >= 15 is 0 Å². The van der Waals surface area contributed by atoms with Crippen molar-refractivity contribution < 1.29 is 23.4 Å². The van der Waals surface area contributed by atoms with E-state index < -0.39 is 11.8 Å². The summed E-state index contributed by atoms with van der Waals surface area (Å²) in [5.41, 5.74) is 1.24. The number of benzene rings is 2. The monoisotopic (exact) mass is 327 g/mol. The van der Waals surface area contributed by atoms with Crippen LogP contribution in [0, 0.1) is 5.82 Å². The summed E-state index contributed by atoms with van der Waals surface area (Å²) >= 11 is 0. The van der Waals surface area contributed by atoms with Crippen LogP contribution in [-0.2, 0) is 9.53 Å². The normalized spacial score (nSPS) is 15.2. The van der Waals surface area contributed by atoms with Crippen LogP contribution in [0.25, 0.3) is 6.08 Å². The van der Waals surface area contributed by atoms with Crippen LogP contribution < -0.4 is 9.47 Å². The van der Waals surface area contributed by atoms with E-state index in [1.807, 2.05) is 0 Å². The van der Waals surface area contributed by atoms with Crippen molar-refractivity contribution in [2.24, 2.45) is 4.99 Å². The molecule has 5 nitrogen and oxygen atoms in total. The van der Waals surface area contributed by atoms with Gasteiger partial charge in [-0.3, -0.25) is 0 Å². The molecule has 1 aliphatic rings. The zero-order valence-electron chi connectivity index (χ0n) is 13.1. The van der Waals surface area contributed by atoms with Gasteiger partial charge in [-0.25, -0.2) is 14.2 Å². The first-order valence-electron chi connectivity index (χ1n) is 7.11. The van der Waals surface area contributed by atoms with Crippen LogP contribution in [-0.4, -0.2) is 26.1 Å². The maximum atomic E-state index is 13.7. The van der Waals surface area contributed by atoms with Gasteiger partial charge in [0.05, 0.1) is 14.2 Å². The van der Waals surface area contributed by atoms with E-state index in [1.165, 1.54) is 25.3 Å². The van der Waals surface area contributed by atoms with Crippen LogP contribution in [0.3, 0.4) is 0 Å². The Hall–Kier alpha value is -3.15. The van der Waals surface area contributed by atoms with Crippen molar-refractivity contribution in [1.82, 2.24) is 0 Å². The molecule has 0 saturated carbocycles. The Balaban J connectivity index is 1.89. The SMILES string of the molecule is COc1ccc(C2=N/C(=C/c3ccc(OC)c(F)c3)C(=O)O2)cc1. The molecule has 24 heavy (non-hydrogen) atoms. The van der Waals surface area contributed by atoms with Gasteiger partial charge >= 0.3 is 5.97 Å². The molecule has 0 saturated heterocycles. The molecule has 0 radical (unpaired) electrons. The maximum absolute atomic E-state index is 13.7. The first-order valence-corrected chi connectivity index (χ1v) is 7.11. The van der Waals surface area contributed by atoms with Crippen LogP contribution in [0.1, 0.15) is 11.1 Å². The molecular formula is C18H14FNO4. The third-order valence-corrected chi connectivity index (χ3v) is 3.44. The highest BCUT2D eigenvalue weighted by Crippen LogP contribution is 2.23. The number of hydrogen-bond donors (Lipinski definition) is 0. The largest absolute Gasteiger partial charge is 0.497 e. The van der Waals surface area contributed by atoms with E-state index in [9.17, 15) is 9.18 Å². The molecular weight excluding hydrogens is 313 g/mol. The van der Waals surface area contributed by atoms with Gasteiger partial charge in [-0.2, -0.15) is 0 Å². The fourth-order valence-electron chi connectivity index (χ4n) is 2.20. The lowest BCUT2D eigenvalue weighted by Gasteiger charge is -2.01. The molecule has 3 rings (SSSR count). The highest BCUT2D eigenvalue weighted by atomic mass is 19.1. The second-order valence-electron chi connectivity index (χ2n) is 4.96. The summed E-state index contributed by atoms with van der Waals surface area (Å²) < 4.78 is 28.8. The number of aliphatic imine (C=N–C) groups is 1. The van der Waals surface area contributed by atoms with E-state index in [0.717, 1.165) is 0 Å². The van der Waals surface area contributed by atoms with E-state index in [2.05, 4.69) is 4.99 Å². The van der Waals surface area contributed by atoms with Crippen molar-refractivity contribution in [2.45, 2.75) is 0 Å². The van der Waals surface area contributed by atoms with E-state index in [4.69, 9.17) is 14.2 Å². The van der Waals surface area contributed by atoms with Crippen molar-refractivity contribution in [3.63, 3.8) is 0 Å². The minimum atomic E-state index is -0.586. The fourth-order valence-corrected chi connectivity index (χ4v) is 2.20. The molecule has 0 aromatic heterocycles. The Morgan fingerprint density at radius 1 is 1.08 bits per heavy atom. The third-order valence-electron chi connectivity index (χ3n) is 3.44. The van der Waals surface area contributed by atoms with E-state index in [0.29, 0.717) is 16.9 Å². The molecule has 0 unspecified atom stereocenters. The Morgan fingerprint density at radius 3 is 2.46 bits per heavy atom. The number of hydrogen-bond acceptors (Lipinski definition) is 5. The molecule has 0 fully saturated rings. The molecule has 2 aromatic rings. The van der Waals surface area contributed by atoms with Gasteiger partial charge in [0, 0.05) is 5.56 Å². The zero-order valence-corrected chi connectivity index (χ0v) is 13.1. The number of ether oxygens (including phenoxy) is 3. The van der Waals surface area contributed by atoms with Gasteiger partial charge in [-0.1, -0.05) is 6.07 Å². The molecule has 0 N–H and O–H groups in total. The van der Waals surface area contributed by atoms with Gasteiger partial charge in [-0.15, -0.1) is 0 Å². The highest BCUT2D eigenvalue weighted by molar-refractivity contribution is 6.12. The second kappa shape index (κ2) is 6.54. The Morgan fingerprint density at radius 2 is 1.83 bits per heavy atom. The summed E-state index contributed by atoms with van der Waals surface area (Å²) in [6.07, 6.45) is 1.46. The number of esters is 1. The van der Waals surface area contributed by atoms with Crippen LogP contribution in [0.4, 0.5) is 4.39 Å². The molecule has 6 heteroatoms. The van der Waals surface area contributed by atoms with Gasteiger partial charge < -0.3 is 14.2 Å². The van der Waals surface area contributed by atoms with Crippen molar-refractivity contribution in [1.29, 1.82) is 0 Å². The fraction of sp³-hybridized carbons (Fsp3) is 0.111. The van der Waals surface area contributed by atoms with Gasteiger partial charge in [-0.05, 0) is 48.0 Å². The maximum Gasteiger partial charge on any atom is 0.363 e. The van der Waals surface area contributed by atoms with Gasteiger partial charge in [0.2, 0.25) is 5.90 Å². The number of carbonyl (C=O) groups excluding carboxylic acids is 1. The Kier molecular flexibility index (Phi) is 4.29. The lowest BCUT2D eigenvalue weighted by molar-refractivity contribution is -0.129. The van der Waals surface area contributed by atoms with Crippen LogP contribution >= 0.6 is 0 Å². The molecule has 0 bridgehead atoms. The molecule has 0 aliphatic carbocycles. The number of rotatable bonds is 4. The van der Waals surface area contributed by atoms with Crippen molar-refractivity contribution in [2.75, 3.05) is 14.2 Å². The minimum absolute atomic E-state index is 0.102. The van der Waals surface area contributed by atoms with Gasteiger partial charge in [0.15, 0.2) is 17.3 Å². The molecule has 122 valence electrons. The van der Waals surface area contributed by atoms with Crippen molar-refractivity contribution >= 4 is 17.9 Å². The lowest BCUT2D eigenvalue weighted by Crippen LogP contribution is -2.05.